The molecule has 0 aliphatic heterocycles. The first-order valence-corrected chi connectivity index (χ1v) is 7.15. The summed E-state index contributed by atoms with van der Waals surface area (Å²) in [5.41, 5.74) is 1.34. The van der Waals surface area contributed by atoms with Crippen LogP contribution in [0.1, 0.15) is 31.5 Å². The first kappa shape index (κ1) is 15.1. The van der Waals surface area contributed by atoms with Gasteiger partial charge in [-0.2, -0.15) is 0 Å². The summed E-state index contributed by atoms with van der Waals surface area (Å²) in [6.07, 6.45) is 1.80. The molecule has 5 nitrogen and oxygen atoms in total. The topological polar surface area (TPSA) is 57.0 Å². The molecular formula is C13H15Cl2N3O2. The third-order valence-corrected chi connectivity index (χ3v) is 3.18. The van der Waals surface area contributed by atoms with E-state index in [1.165, 1.54) is 0 Å². The van der Waals surface area contributed by atoms with Crippen LogP contribution < -0.4 is 0 Å². The van der Waals surface area contributed by atoms with Crippen LogP contribution in [0.3, 0.4) is 0 Å². The smallest absolute Gasteiger partial charge is 0.307 e. The Morgan fingerprint density at radius 1 is 1.55 bits per heavy atom. The number of esters is 1. The second-order valence-electron chi connectivity index (χ2n) is 4.29. The standard InChI is InChI=1S/C13H15Cl2N3O2/c1-3-20-11(19)4-5-18-12(8(2)14)17-10-6-9(15)7-16-13(10)18/h6-8H,3-5H2,1-2H3. The van der Waals surface area contributed by atoms with E-state index in [9.17, 15) is 4.79 Å². The molecule has 0 radical (unpaired) electrons. The highest BCUT2D eigenvalue weighted by Gasteiger charge is 2.17. The van der Waals surface area contributed by atoms with Crippen LogP contribution in [-0.2, 0) is 16.1 Å². The highest BCUT2D eigenvalue weighted by atomic mass is 35.5. The molecule has 2 rings (SSSR count). The van der Waals surface area contributed by atoms with Crippen LogP contribution in [0.25, 0.3) is 11.2 Å². The van der Waals surface area contributed by atoms with Crippen molar-refractivity contribution in [2.24, 2.45) is 0 Å². The quantitative estimate of drug-likeness (QED) is 0.627. The Balaban J connectivity index is 2.34. The maximum atomic E-state index is 11.5. The number of halogens is 2. The average molecular weight is 316 g/mol. The first-order chi connectivity index (χ1) is 9.52. The van der Waals surface area contributed by atoms with Crippen molar-refractivity contribution in [1.29, 1.82) is 0 Å². The van der Waals surface area contributed by atoms with Crippen molar-refractivity contribution in [1.82, 2.24) is 14.5 Å². The van der Waals surface area contributed by atoms with Crippen LogP contribution in [0.4, 0.5) is 0 Å². The third kappa shape index (κ3) is 3.22. The fourth-order valence-corrected chi connectivity index (χ4v) is 2.28. The van der Waals surface area contributed by atoms with Gasteiger partial charge in [-0.25, -0.2) is 9.97 Å². The summed E-state index contributed by atoms with van der Waals surface area (Å²) in [5.74, 6) is 0.414. The van der Waals surface area contributed by atoms with Gasteiger partial charge in [0.15, 0.2) is 5.65 Å². The van der Waals surface area contributed by atoms with E-state index in [1.807, 2.05) is 11.5 Å². The lowest BCUT2D eigenvalue weighted by molar-refractivity contribution is -0.143. The van der Waals surface area contributed by atoms with Crippen molar-refractivity contribution >= 4 is 40.3 Å². The molecule has 108 valence electrons. The lowest BCUT2D eigenvalue weighted by Crippen LogP contribution is -2.11. The molecule has 0 aromatic carbocycles. The van der Waals surface area contributed by atoms with Crippen molar-refractivity contribution in [3.63, 3.8) is 0 Å². The summed E-state index contributed by atoms with van der Waals surface area (Å²) in [7, 11) is 0. The normalized spacial score (nSPS) is 12.6. The molecule has 2 aromatic rings. The fraction of sp³-hybridized carbons (Fsp3) is 0.462. The van der Waals surface area contributed by atoms with Gasteiger partial charge >= 0.3 is 5.97 Å². The van der Waals surface area contributed by atoms with Gasteiger partial charge < -0.3 is 9.30 Å². The number of rotatable bonds is 5. The lowest BCUT2D eigenvalue weighted by atomic mass is 10.4. The van der Waals surface area contributed by atoms with Gasteiger partial charge in [-0.05, 0) is 19.9 Å². The molecule has 0 bridgehead atoms. The maximum absolute atomic E-state index is 11.5. The van der Waals surface area contributed by atoms with Crippen molar-refractivity contribution in [2.45, 2.75) is 32.2 Å². The Bertz CT molecular complexity index is 625. The number of carbonyl (C=O) groups is 1. The van der Waals surface area contributed by atoms with E-state index in [0.29, 0.717) is 35.2 Å². The summed E-state index contributed by atoms with van der Waals surface area (Å²) < 4.78 is 6.76. The van der Waals surface area contributed by atoms with Crippen molar-refractivity contribution in [3.8, 4) is 0 Å². The number of carbonyl (C=O) groups excluding carboxylic acids is 1. The molecule has 0 aliphatic carbocycles. The zero-order valence-electron chi connectivity index (χ0n) is 11.3. The maximum Gasteiger partial charge on any atom is 0.307 e. The molecule has 20 heavy (non-hydrogen) atoms. The highest BCUT2D eigenvalue weighted by molar-refractivity contribution is 6.31. The van der Waals surface area contributed by atoms with Gasteiger partial charge in [0.2, 0.25) is 0 Å². The van der Waals surface area contributed by atoms with E-state index < -0.39 is 0 Å². The number of pyridine rings is 1. The minimum Gasteiger partial charge on any atom is -0.466 e. The van der Waals surface area contributed by atoms with Gasteiger partial charge in [0.1, 0.15) is 11.3 Å². The number of aryl methyl sites for hydroxylation is 1. The summed E-state index contributed by atoms with van der Waals surface area (Å²) in [4.78, 5) is 20.2. The van der Waals surface area contributed by atoms with Gasteiger partial charge in [-0.3, -0.25) is 4.79 Å². The monoisotopic (exact) mass is 315 g/mol. The number of alkyl halides is 1. The van der Waals surface area contributed by atoms with Crippen LogP contribution in [0.5, 0.6) is 0 Å². The summed E-state index contributed by atoms with van der Waals surface area (Å²) in [5, 5.41) is 0.228. The molecule has 0 N–H and O–H groups in total. The molecule has 0 aliphatic rings. The minimum atomic E-state index is -0.287. The van der Waals surface area contributed by atoms with Crippen molar-refractivity contribution in [2.75, 3.05) is 6.61 Å². The molecule has 0 fully saturated rings. The molecule has 0 spiro atoms. The highest BCUT2D eigenvalue weighted by Crippen LogP contribution is 2.25. The average Bonchev–Trinajstić information content (AvgIpc) is 2.74. The molecular weight excluding hydrogens is 301 g/mol. The summed E-state index contributed by atoms with van der Waals surface area (Å²) in [6.45, 7) is 4.40. The van der Waals surface area contributed by atoms with Crippen LogP contribution >= 0.6 is 23.2 Å². The second kappa shape index (κ2) is 6.41. The Hall–Kier alpha value is -1.33. The molecule has 0 saturated carbocycles. The molecule has 0 amide bonds. The van der Waals surface area contributed by atoms with Crippen LogP contribution in [0, 0.1) is 0 Å². The van der Waals surface area contributed by atoms with Crippen molar-refractivity contribution < 1.29 is 9.53 Å². The second-order valence-corrected chi connectivity index (χ2v) is 5.38. The van der Waals surface area contributed by atoms with Crippen LogP contribution in [-0.4, -0.2) is 27.1 Å². The van der Waals surface area contributed by atoms with Crippen LogP contribution in [0.15, 0.2) is 12.3 Å². The molecule has 7 heteroatoms. The van der Waals surface area contributed by atoms with E-state index in [2.05, 4.69) is 9.97 Å². The largest absolute Gasteiger partial charge is 0.466 e. The Labute approximate surface area is 126 Å². The number of hydrogen-bond acceptors (Lipinski definition) is 4. The van der Waals surface area contributed by atoms with E-state index in [-0.39, 0.29) is 17.8 Å². The Morgan fingerprint density at radius 2 is 2.30 bits per heavy atom. The zero-order chi connectivity index (χ0) is 14.7. The van der Waals surface area contributed by atoms with Gasteiger partial charge in [-0.1, -0.05) is 11.6 Å². The predicted molar refractivity (Wildman–Crippen MR) is 78.1 cm³/mol. The van der Waals surface area contributed by atoms with Gasteiger partial charge in [0, 0.05) is 12.7 Å². The number of hydrogen-bond donors (Lipinski definition) is 0. The SMILES string of the molecule is CCOC(=O)CCn1c(C(C)Cl)nc2cc(Cl)cnc21. The summed E-state index contributed by atoms with van der Waals surface area (Å²) >= 11 is 12.0. The van der Waals surface area contributed by atoms with Crippen molar-refractivity contribution in [3.05, 3.63) is 23.1 Å². The van der Waals surface area contributed by atoms with Gasteiger partial charge in [0.05, 0.1) is 23.4 Å². The minimum absolute atomic E-state index is 0.250. The lowest BCUT2D eigenvalue weighted by Gasteiger charge is -2.09. The Morgan fingerprint density at radius 3 is 2.95 bits per heavy atom. The van der Waals surface area contributed by atoms with Gasteiger partial charge in [0.25, 0.3) is 0 Å². The van der Waals surface area contributed by atoms with E-state index in [1.54, 1.807) is 19.2 Å². The number of fused-ring (bicyclic) bond motifs is 1. The Kier molecular flexibility index (Phi) is 4.83. The molecule has 0 saturated heterocycles. The molecule has 1 atom stereocenters. The number of nitrogens with zero attached hydrogens (tertiary/aromatic N) is 3. The summed E-state index contributed by atoms with van der Waals surface area (Å²) in [6, 6.07) is 1.73. The van der Waals surface area contributed by atoms with E-state index >= 15 is 0 Å². The van der Waals surface area contributed by atoms with Crippen LogP contribution in [0.2, 0.25) is 5.02 Å². The molecule has 2 aromatic heterocycles. The molecule has 2 heterocycles. The fourth-order valence-electron chi connectivity index (χ4n) is 1.96. The first-order valence-electron chi connectivity index (χ1n) is 6.34. The number of imidazole rings is 1. The number of aromatic nitrogens is 3. The third-order valence-electron chi connectivity index (χ3n) is 2.78. The number of ether oxygens (including phenoxy) is 1. The predicted octanol–water partition coefficient (Wildman–Crippen LogP) is 3.34. The van der Waals surface area contributed by atoms with E-state index in [0.717, 1.165) is 0 Å². The van der Waals surface area contributed by atoms with Gasteiger partial charge in [-0.15, -0.1) is 11.6 Å². The zero-order valence-corrected chi connectivity index (χ0v) is 12.8. The van der Waals surface area contributed by atoms with E-state index in [4.69, 9.17) is 27.9 Å². The molecule has 1 unspecified atom stereocenters.